The lowest BCUT2D eigenvalue weighted by Crippen LogP contribution is -2.33. The molecule has 0 aromatic heterocycles. The maximum atomic E-state index is 11.7. The minimum atomic E-state index is -0.475. The van der Waals surface area contributed by atoms with E-state index in [0.717, 1.165) is 0 Å². The summed E-state index contributed by atoms with van der Waals surface area (Å²) < 4.78 is 4.59. The molecular formula is C13H16N2O4. The Morgan fingerprint density at radius 1 is 1.32 bits per heavy atom. The highest BCUT2D eigenvalue weighted by Gasteiger charge is 2.10. The molecule has 0 fully saturated rings. The standard InChI is InChI=1S/C13H16N2O4/c1-9(16)15(2)8-12(17)14-11-6-4-5-10(7-11)13(18)19-3/h4-7H,8H2,1-3H3,(H,14,17). The molecule has 0 radical (unpaired) electrons. The van der Waals surface area contributed by atoms with Crippen molar-refractivity contribution in [2.45, 2.75) is 6.92 Å². The molecule has 0 saturated carbocycles. The fraction of sp³-hybridized carbons (Fsp3) is 0.308. The van der Waals surface area contributed by atoms with E-state index in [1.54, 1.807) is 18.2 Å². The molecule has 0 bridgehead atoms. The maximum Gasteiger partial charge on any atom is 0.337 e. The maximum absolute atomic E-state index is 11.7. The first-order valence-corrected chi connectivity index (χ1v) is 5.64. The monoisotopic (exact) mass is 264 g/mol. The third-order valence-corrected chi connectivity index (χ3v) is 2.49. The minimum Gasteiger partial charge on any atom is -0.465 e. The van der Waals surface area contributed by atoms with Gasteiger partial charge in [-0.2, -0.15) is 0 Å². The summed E-state index contributed by atoms with van der Waals surface area (Å²) in [5.41, 5.74) is 0.824. The van der Waals surface area contributed by atoms with Crippen molar-refractivity contribution in [2.24, 2.45) is 0 Å². The van der Waals surface area contributed by atoms with E-state index in [1.807, 2.05) is 0 Å². The van der Waals surface area contributed by atoms with Crippen molar-refractivity contribution in [3.8, 4) is 0 Å². The van der Waals surface area contributed by atoms with Gasteiger partial charge in [0, 0.05) is 19.7 Å². The van der Waals surface area contributed by atoms with Crippen LogP contribution in [0.3, 0.4) is 0 Å². The van der Waals surface area contributed by atoms with Gasteiger partial charge in [0.05, 0.1) is 19.2 Å². The average Bonchev–Trinajstić information content (AvgIpc) is 2.37. The Hall–Kier alpha value is -2.37. The van der Waals surface area contributed by atoms with Gasteiger partial charge in [-0.3, -0.25) is 9.59 Å². The van der Waals surface area contributed by atoms with E-state index >= 15 is 0 Å². The van der Waals surface area contributed by atoms with E-state index in [9.17, 15) is 14.4 Å². The van der Waals surface area contributed by atoms with Crippen molar-refractivity contribution in [1.29, 1.82) is 0 Å². The van der Waals surface area contributed by atoms with Gasteiger partial charge in [-0.1, -0.05) is 6.07 Å². The van der Waals surface area contributed by atoms with E-state index in [4.69, 9.17) is 0 Å². The highest BCUT2D eigenvalue weighted by Crippen LogP contribution is 2.11. The van der Waals surface area contributed by atoms with Crippen molar-refractivity contribution >= 4 is 23.5 Å². The molecule has 6 heteroatoms. The summed E-state index contributed by atoms with van der Waals surface area (Å²) in [5.74, 6) is -1.00. The van der Waals surface area contributed by atoms with Crippen LogP contribution in [-0.4, -0.2) is 43.4 Å². The smallest absolute Gasteiger partial charge is 0.337 e. The Morgan fingerprint density at radius 3 is 2.58 bits per heavy atom. The molecule has 1 aromatic carbocycles. The van der Waals surface area contributed by atoms with Crippen LogP contribution in [-0.2, 0) is 14.3 Å². The molecule has 2 amide bonds. The van der Waals surface area contributed by atoms with Crippen LogP contribution in [0.2, 0.25) is 0 Å². The minimum absolute atomic E-state index is 0.0439. The van der Waals surface area contributed by atoms with Gasteiger partial charge in [-0.05, 0) is 18.2 Å². The first-order chi connectivity index (χ1) is 8.93. The van der Waals surface area contributed by atoms with E-state index in [0.29, 0.717) is 11.3 Å². The first kappa shape index (κ1) is 14.7. The molecule has 1 N–H and O–H groups in total. The Bertz CT molecular complexity index is 499. The second-order valence-electron chi connectivity index (χ2n) is 4.00. The molecule has 0 heterocycles. The number of methoxy groups -OCH3 is 1. The molecule has 0 spiro atoms. The number of esters is 1. The number of likely N-dealkylation sites (N-methyl/N-ethyl adjacent to an activating group) is 1. The summed E-state index contributed by atoms with van der Waals surface area (Å²) in [6, 6.07) is 6.38. The summed E-state index contributed by atoms with van der Waals surface area (Å²) in [4.78, 5) is 35.3. The molecule has 1 aromatic rings. The topological polar surface area (TPSA) is 75.7 Å². The molecule has 0 aliphatic carbocycles. The van der Waals surface area contributed by atoms with E-state index in [2.05, 4.69) is 10.1 Å². The van der Waals surface area contributed by atoms with Crippen LogP contribution < -0.4 is 5.32 Å². The molecule has 0 unspecified atom stereocenters. The molecule has 0 saturated heterocycles. The molecule has 1 rings (SSSR count). The molecular weight excluding hydrogens is 248 g/mol. The highest BCUT2D eigenvalue weighted by atomic mass is 16.5. The Morgan fingerprint density at radius 2 is 2.00 bits per heavy atom. The number of ether oxygens (including phenoxy) is 1. The quantitative estimate of drug-likeness (QED) is 0.819. The van der Waals surface area contributed by atoms with Gasteiger partial charge in [0.2, 0.25) is 11.8 Å². The predicted molar refractivity (Wildman–Crippen MR) is 69.7 cm³/mol. The van der Waals surface area contributed by atoms with E-state index in [1.165, 1.54) is 32.0 Å². The molecule has 6 nitrogen and oxygen atoms in total. The molecule has 19 heavy (non-hydrogen) atoms. The highest BCUT2D eigenvalue weighted by molar-refractivity contribution is 5.96. The van der Waals surface area contributed by atoms with Crippen LogP contribution in [0.1, 0.15) is 17.3 Å². The fourth-order valence-electron chi connectivity index (χ4n) is 1.37. The first-order valence-electron chi connectivity index (χ1n) is 5.64. The van der Waals surface area contributed by atoms with Gasteiger partial charge in [-0.15, -0.1) is 0 Å². The van der Waals surface area contributed by atoms with Gasteiger partial charge in [-0.25, -0.2) is 4.79 Å². The van der Waals surface area contributed by atoms with Gasteiger partial charge >= 0.3 is 5.97 Å². The summed E-state index contributed by atoms with van der Waals surface area (Å²) in [6.07, 6.45) is 0. The third kappa shape index (κ3) is 4.42. The number of carbonyl (C=O) groups excluding carboxylic acids is 3. The second kappa shape index (κ2) is 6.53. The molecule has 0 aliphatic rings. The lowest BCUT2D eigenvalue weighted by molar-refractivity contribution is -0.131. The van der Waals surface area contributed by atoms with Gasteiger partial charge in [0.25, 0.3) is 0 Å². The number of hydrogen-bond acceptors (Lipinski definition) is 4. The Labute approximate surface area is 111 Å². The Balaban J connectivity index is 2.69. The summed E-state index contributed by atoms with van der Waals surface area (Å²) >= 11 is 0. The number of nitrogens with one attached hydrogen (secondary N) is 1. The van der Waals surface area contributed by atoms with Crippen LogP contribution in [0.5, 0.6) is 0 Å². The molecule has 0 aliphatic heterocycles. The largest absolute Gasteiger partial charge is 0.465 e. The normalized spacial score (nSPS) is 9.63. The van der Waals surface area contributed by atoms with E-state index < -0.39 is 5.97 Å². The summed E-state index contributed by atoms with van der Waals surface area (Å²) in [6.45, 7) is 1.34. The number of anilines is 1. The number of carbonyl (C=O) groups is 3. The average molecular weight is 264 g/mol. The number of rotatable bonds is 4. The van der Waals surface area contributed by atoms with Crippen molar-refractivity contribution < 1.29 is 19.1 Å². The van der Waals surface area contributed by atoms with Gasteiger partial charge in [0.15, 0.2) is 0 Å². The zero-order valence-corrected chi connectivity index (χ0v) is 11.1. The number of benzene rings is 1. The van der Waals surface area contributed by atoms with Gasteiger partial charge < -0.3 is 15.0 Å². The zero-order chi connectivity index (χ0) is 14.4. The second-order valence-corrected chi connectivity index (χ2v) is 4.00. The van der Waals surface area contributed by atoms with Crippen molar-refractivity contribution in [3.63, 3.8) is 0 Å². The van der Waals surface area contributed by atoms with Crippen LogP contribution in [0.4, 0.5) is 5.69 Å². The van der Waals surface area contributed by atoms with Crippen molar-refractivity contribution in [2.75, 3.05) is 26.0 Å². The van der Waals surface area contributed by atoms with Crippen LogP contribution in [0.25, 0.3) is 0 Å². The zero-order valence-electron chi connectivity index (χ0n) is 11.1. The number of amides is 2. The number of hydrogen-bond donors (Lipinski definition) is 1. The lowest BCUT2D eigenvalue weighted by atomic mass is 10.2. The molecule has 0 atom stereocenters. The van der Waals surface area contributed by atoms with Gasteiger partial charge in [0.1, 0.15) is 0 Å². The van der Waals surface area contributed by atoms with Crippen LogP contribution in [0.15, 0.2) is 24.3 Å². The predicted octanol–water partition coefficient (Wildman–Crippen LogP) is 0.890. The summed E-state index contributed by atoms with van der Waals surface area (Å²) in [7, 11) is 2.82. The molecule has 102 valence electrons. The van der Waals surface area contributed by atoms with Crippen molar-refractivity contribution in [3.05, 3.63) is 29.8 Å². The van der Waals surface area contributed by atoms with Crippen LogP contribution >= 0.6 is 0 Å². The number of nitrogens with zero attached hydrogens (tertiary/aromatic N) is 1. The fourth-order valence-corrected chi connectivity index (χ4v) is 1.37. The lowest BCUT2D eigenvalue weighted by Gasteiger charge is -2.14. The van der Waals surface area contributed by atoms with Crippen LogP contribution in [0, 0.1) is 0 Å². The third-order valence-electron chi connectivity index (χ3n) is 2.49. The SMILES string of the molecule is COC(=O)c1cccc(NC(=O)CN(C)C(C)=O)c1. The van der Waals surface area contributed by atoms with E-state index in [-0.39, 0.29) is 18.4 Å². The Kier molecular flexibility index (Phi) is 5.05. The van der Waals surface area contributed by atoms with Crippen molar-refractivity contribution in [1.82, 2.24) is 4.90 Å². The summed E-state index contributed by atoms with van der Waals surface area (Å²) in [5, 5.41) is 2.61.